The van der Waals surface area contributed by atoms with E-state index in [1.165, 1.54) is 0 Å². The maximum Gasteiger partial charge on any atom is 0.274 e. The molecule has 0 fully saturated rings. The van der Waals surface area contributed by atoms with Gasteiger partial charge in [0.15, 0.2) is 0 Å². The summed E-state index contributed by atoms with van der Waals surface area (Å²) >= 11 is 5.91. The van der Waals surface area contributed by atoms with Crippen LogP contribution in [0.2, 0.25) is 5.02 Å². The second-order valence-corrected chi connectivity index (χ2v) is 5.12. The van der Waals surface area contributed by atoms with Crippen LogP contribution in [-0.2, 0) is 6.54 Å². The summed E-state index contributed by atoms with van der Waals surface area (Å²) in [5.74, 6) is 0. The Bertz CT molecular complexity index is 656. The molecule has 4 nitrogen and oxygen atoms in total. The van der Waals surface area contributed by atoms with Gasteiger partial charge < -0.3 is 5.32 Å². The fourth-order valence-electron chi connectivity index (χ4n) is 1.97. The van der Waals surface area contributed by atoms with Crippen molar-refractivity contribution in [2.75, 3.05) is 5.32 Å². The molecule has 0 amide bonds. The summed E-state index contributed by atoms with van der Waals surface area (Å²) in [7, 11) is 0. The van der Waals surface area contributed by atoms with Crippen LogP contribution in [-0.4, -0.2) is 4.92 Å². The van der Waals surface area contributed by atoms with Crippen molar-refractivity contribution < 1.29 is 4.92 Å². The van der Waals surface area contributed by atoms with Crippen molar-refractivity contribution >= 4 is 23.0 Å². The SMILES string of the molecule is Cc1cc(Cl)ccc1CNc1ccc(C)c([N+](=O)[O-])c1. The van der Waals surface area contributed by atoms with E-state index in [-0.39, 0.29) is 10.6 Å². The molecule has 0 unspecified atom stereocenters. The molecular formula is C15H15ClN2O2. The second-order valence-electron chi connectivity index (χ2n) is 4.68. The minimum Gasteiger partial charge on any atom is -0.381 e. The van der Waals surface area contributed by atoms with Crippen LogP contribution in [0.3, 0.4) is 0 Å². The highest BCUT2D eigenvalue weighted by atomic mass is 35.5. The van der Waals surface area contributed by atoms with Gasteiger partial charge in [-0.2, -0.15) is 0 Å². The van der Waals surface area contributed by atoms with E-state index in [1.54, 1.807) is 19.1 Å². The zero-order valence-corrected chi connectivity index (χ0v) is 12.1. The zero-order chi connectivity index (χ0) is 14.7. The Morgan fingerprint density at radius 2 is 1.90 bits per heavy atom. The molecule has 0 heterocycles. The monoisotopic (exact) mass is 290 g/mol. The number of benzene rings is 2. The van der Waals surface area contributed by atoms with E-state index in [4.69, 9.17) is 11.6 Å². The van der Waals surface area contributed by atoms with E-state index < -0.39 is 0 Å². The predicted octanol–water partition coefficient (Wildman–Crippen LogP) is 4.48. The van der Waals surface area contributed by atoms with Gasteiger partial charge in [0.25, 0.3) is 5.69 Å². The Hall–Kier alpha value is -2.07. The Kier molecular flexibility index (Phi) is 4.25. The number of rotatable bonds is 4. The summed E-state index contributed by atoms with van der Waals surface area (Å²) in [6.45, 7) is 4.31. The standard InChI is InChI=1S/C15H15ClN2O2/c1-10-3-6-14(8-15(10)18(19)20)17-9-12-4-5-13(16)7-11(12)2/h3-8,17H,9H2,1-2H3. The zero-order valence-electron chi connectivity index (χ0n) is 11.3. The lowest BCUT2D eigenvalue weighted by atomic mass is 10.1. The van der Waals surface area contributed by atoms with Crippen LogP contribution in [0.4, 0.5) is 11.4 Å². The van der Waals surface area contributed by atoms with E-state index in [0.29, 0.717) is 17.1 Å². The van der Waals surface area contributed by atoms with E-state index in [1.807, 2.05) is 31.2 Å². The summed E-state index contributed by atoms with van der Waals surface area (Å²) in [5, 5.41) is 14.8. The van der Waals surface area contributed by atoms with Crippen LogP contribution in [0.1, 0.15) is 16.7 Å². The lowest BCUT2D eigenvalue weighted by Crippen LogP contribution is -2.02. The maximum absolute atomic E-state index is 10.9. The molecule has 0 aliphatic heterocycles. The van der Waals surface area contributed by atoms with E-state index in [9.17, 15) is 10.1 Å². The van der Waals surface area contributed by atoms with Gasteiger partial charge in [0.05, 0.1) is 4.92 Å². The first-order valence-electron chi connectivity index (χ1n) is 6.21. The third-order valence-corrected chi connectivity index (χ3v) is 3.43. The van der Waals surface area contributed by atoms with Crippen molar-refractivity contribution in [1.82, 2.24) is 0 Å². The Balaban J connectivity index is 2.15. The molecule has 0 aliphatic carbocycles. The van der Waals surface area contributed by atoms with Gasteiger partial charge in [0.1, 0.15) is 0 Å². The van der Waals surface area contributed by atoms with Crippen molar-refractivity contribution in [1.29, 1.82) is 0 Å². The van der Waals surface area contributed by atoms with Gasteiger partial charge in [-0.05, 0) is 43.2 Å². The summed E-state index contributed by atoms with van der Waals surface area (Å²) < 4.78 is 0. The first-order chi connectivity index (χ1) is 9.47. The average Bonchev–Trinajstić information content (AvgIpc) is 2.39. The summed E-state index contributed by atoms with van der Waals surface area (Å²) in [4.78, 5) is 10.5. The smallest absolute Gasteiger partial charge is 0.274 e. The number of anilines is 1. The van der Waals surface area contributed by atoms with Crippen LogP contribution >= 0.6 is 11.6 Å². The van der Waals surface area contributed by atoms with E-state index in [2.05, 4.69) is 5.32 Å². The molecule has 20 heavy (non-hydrogen) atoms. The maximum atomic E-state index is 10.9. The lowest BCUT2D eigenvalue weighted by Gasteiger charge is -2.10. The van der Waals surface area contributed by atoms with Crippen LogP contribution in [0.5, 0.6) is 0 Å². The normalized spacial score (nSPS) is 10.3. The van der Waals surface area contributed by atoms with Crippen molar-refractivity contribution in [2.45, 2.75) is 20.4 Å². The van der Waals surface area contributed by atoms with E-state index in [0.717, 1.165) is 16.8 Å². The quantitative estimate of drug-likeness (QED) is 0.667. The van der Waals surface area contributed by atoms with Crippen molar-refractivity contribution in [3.63, 3.8) is 0 Å². The number of nitrogens with one attached hydrogen (secondary N) is 1. The van der Waals surface area contributed by atoms with Crippen LogP contribution in [0.25, 0.3) is 0 Å². The minimum atomic E-state index is -0.367. The van der Waals surface area contributed by atoms with Gasteiger partial charge in [0.2, 0.25) is 0 Å². The molecule has 0 spiro atoms. The lowest BCUT2D eigenvalue weighted by molar-refractivity contribution is -0.385. The molecule has 5 heteroatoms. The highest BCUT2D eigenvalue weighted by Crippen LogP contribution is 2.23. The number of nitro benzene ring substituents is 1. The van der Waals surface area contributed by atoms with Gasteiger partial charge in [0, 0.05) is 28.9 Å². The second kappa shape index (κ2) is 5.92. The van der Waals surface area contributed by atoms with Crippen molar-refractivity contribution in [3.8, 4) is 0 Å². The number of nitrogens with zero attached hydrogens (tertiary/aromatic N) is 1. The Labute approximate surface area is 122 Å². The summed E-state index contributed by atoms with van der Waals surface area (Å²) in [6, 6.07) is 10.8. The molecule has 0 bridgehead atoms. The summed E-state index contributed by atoms with van der Waals surface area (Å²) in [6.07, 6.45) is 0. The third kappa shape index (κ3) is 3.27. The largest absolute Gasteiger partial charge is 0.381 e. The van der Waals surface area contributed by atoms with Crippen LogP contribution in [0.15, 0.2) is 36.4 Å². The van der Waals surface area contributed by atoms with Crippen molar-refractivity contribution in [2.24, 2.45) is 0 Å². The average molecular weight is 291 g/mol. The van der Waals surface area contributed by atoms with E-state index >= 15 is 0 Å². The molecule has 104 valence electrons. The molecule has 1 N–H and O–H groups in total. The molecule has 0 aliphatic rings. The van der Waals surface area contributed by atoms with Gasteiger partial charge in [-0.15, -0.1) is 0 Å². The van der Waals surface area contributed by atoms with Gasteiger partial charge >= 0.3 is 0 Å². The van der Waals surface area contributed by atoms with Crippen molar-refractivity contribution in [3.05, 3.63) is 68.2 Å². The number of hydrogen-bond acceptors (Lipinski definition) is 3. The topological polar surface area (TPSA) is 55.2 Å². The molecule has 0 saturated carbocycles. The molecule has 2 aromatic carbocycles. The Morgan fingerprint density at radius 1 is 1.15 bits per heavy atom. The highest BCUT2D eigenvalue weighted by Gasteiger charge is 2.10. The molecule has 0 atom stereocenters. The predicted molar refractivity (Wildman–Crippen MR) is 81.3 cm³/mol. The summed E-state index contributed by atoms with van der Waals surface area (Å²) in [5.41, 5.74) is 3.71. The molecule has 2 aromatic rings. The number of halogens is 1. The fourth-order valence-corrected chi connectivity index (χ4v) is 2.20. The first-order valence-corrected chi connectivity index (χ1v) is 6.59. The molecular weight excluding hydrogens is 276 g/mol. The van der Waals surface area contributed by atoms with Crippen LogP contribution in [0, 0.1) is 24.0 Å². The molecule has 0 radical (unpaired) electrons. The third-order valence-electron chi connectivity index (χ3n) is 3.19. The minimum absolute atomic E-state index is 0.128. The number of aryl methyl sites for hydroxylation is 2. The molecule has 2 rings (SSSR count). The van der Waals surface area contributed by atoms with Crippen LogP contribution < -0.4 is 5.32 Å². The molecule has 0 aromatic heterocycles. The Morgan fingerprint density at radius 3 is 2.55 bits per heavy atom. The number of nitro groups is 1. The highest BCUT2D eigenvalue weighted by molar-refractivity contribution is 6.30. The van der Waals surface area contributed by atoms with Gasteiger partial charge in [-0.3, -0.25) is 10.1 Å². The first kappa shape index (κ1) is 14.3. The van der Waals surface area contributed by atoms with Gasteiger partial charge in [-0.25, -0.2) is 0 Å². The molecule has 0 saturated heterocycles. The number of hydrogen-bond donors (Lipinski definition) is 1. The fraction of sp³-hybridized carbons (Fsp3) is 0.200. The van der Waals surface area contributed by atoms with Gasteiger partial charge in [-0.1, -0.05) is 23.7 Å².